The van der Waals surface area contributed by atoms with Crippen molar-refractivity contribution in [3.05, 3.63) is 29.8 Å². The maximum absolute atomic E-state index is 12.4. The number of aliphatic carboxylic acids is 1. The summed E-state index contributed by atoms with van der Waals surface area (Å²) in [7, 11) is 0. The number of phenolic OH excluding ortho intramolecular Hbond substituents is 1. The Bertz CT molecular complexity index is 648. The molecule has 2 rings (SSSR count). The highest BCUT2D eigenvalue weighted by molar-refractivity contribution is 5.95. The van der Waals surface area contributed by atoms with E-state index in [2.05, 4.69) is 10.6 Å². The van der Waals surface area contributed by atoms with Gasteiger partial charge in [0.1, 0.15) is 11.8 Å². The van der Waals surface area contributed by atoms with E-state index in [1.54, 1.807) is 12.1 Å². The monoisotopic (exact) mass is 365 g/mol. The molecule has 0 radical (unpaired) electrons. The zero-order valence-corrected chi connectivity index (χ0v) is 14.2. The van der Waals surface area contributed by atoms with Crippen LogP contribution in [0.3, 0.4) is 0 Å². The maximum atomic E-state index is 12.4. The fourth-order valence-electron chi connectivity index (χ4n) is 2.43. The number of ether oxygens (including phenoxy) is 1. The molecule has 142 valence electrons. The van der Waals surface area contributed by atoms with Crippen LogP contribution in [-0.2, 0) is 25.5 Å². The molecule has 9 heteroatoms. The van der Waals surface area contributed by atoms with Gasteiger partial charge in [-0.1, -0.05) is 12.1 Å². The lowest BCUT2D eigenvalue weighted by Crippen LogP contribution is -2.49. The second-order valence-electron chi connectivity index (χ2n) is 6.03. The van der Waals surface area contributed by atoms with Crippen LogP contribution in [0.4, 0.5) is 0 Å². The van der Waals surface area contributed by atoms with Crippen molar-refractivity contribution in [2.75, 3.05) is 13.1 Å². The number of hydrogen-bond donors (Lipinski definition) is 5. The number of carbonyl (C=O) groups excluding carboxylic acids is 2. The molecule has 1 fully saturated rings. The summed E-state index contributed by atoms with van der Waals surface area (Å²) in [6.07, 6.45) is -0.573. The van der Waals surface area contributed by atoms with Gasteiger partial charge in [-0.05, 0) is 37.1 Å². The summed E-state index contributed by atoms with van der Waals surface area (Å²) in [5.74, 6) is -2.14. The summed E-state index contributed by atoms with van der Waals surface area (Å²) < 4.78 is 4.81. The maximum Gasteiger partial charge on any atom is 0.336 e. The largest absolute Gasteiger partial charge is 0.508 e. The Morgan fingerprint density at radius 2 is 1.85 bits per heavy atom. The van der Waals surface area contributed by atoms with Crippen LogP contribution >= 0.6 is 0 Å². The molecule has 2 amide bonds. The molecule has 0 aromatic heterocycles. The van der Waals surface area contributed by atoms with Crippen LogP contribution in [0.5, 0.6) is 5.75 Å². The SMILES string of the molecule is NCCCCNC(=O)[C@@H](Cc1ccc(O)cc1)NC(=O)[C@H]1O[C@@H]1C(=O)O. The summed E-state index contributed by atoms with van der Waals surface area (Å²) in [6, 6.07) is 5.37. The van der Waals surface area contributed by atoms with E-state index in [4.69, 9.17) is 15.6 Å². The van der Waals surface area contributed by atoms with Crippen LogP contribution in [-0.4, -0.2) is 59.3 Å². The second kappa shape index (κ2) is 9.16. The second-order valence-corrected chi connectivity index (χ2v) is 6.03. The normalized spacial score (nSPS) is 19.4. The van der Waals surface area contributed by atoms with Gasteiger partial charge in [-0.15, -0.1) is 0 Å². The van der Waals surface area contributed by atoms with Crippen molar-refractivity contribution >= 4 is 17.8 Å². The zero-order chi connectivity index (χ0) is 19.1. The van der Waals surface area contributed by atoms with E-state index in [1.165, 1.54) is 12.1 Å². The number of phenols is 1. The van der Waals surface area contributed by atoms with Gasteiger partial charge in [-0.3, -0.25) is 9.59 Å². The number of epoxide rings is 1. The lowest BCUT2D eigenvalue weighted by Gasteiger charge is -2.18. The minimum absolute atomic E-state index is 0.0938. The summed E-state index contributed by atoms with van der Waals surface area (Å²) in [5, 5.41) is 23.4. The van der Waals surface area contributed by atoms with Crippen LogP contribution in [0, 0.1) is 0 Å². The predicted octanol–water partition coefficient (Wildman–Crippen LogP) is -0.873. The molecule has 0 unspecified atom stereocenters. The fourth-order valence-corrected chi connectivity index (χ4v) is 2.43. The van der Waals surface area contributed by atoms with E-state index < -0.39 is 30.1 Å². The number of hydrogen-bond acceptors (Lipinski definition) is 6. The van der Waals surface area contributed by atoms with Gasteiger partial charge in [-0.2, -0.15) is 0 Å². The van der Waals surface area contributed by atoms with Crippen LogP contribution < -0.4 is 16.4 Å². The molecule has 6 N–H and O–H groups in total. The lowest BCUT2D eigenvalue weighted by atomic mass is 10.0. The van der Waals surface area contributed by atoms with Gasteiger partial charge >= 0.3 is 5.97 Å². The van der Waals surface area contributed by atoms with Crippen LogP contribution in [0.25, 0.3) is 0 Å². The number of unbranched alkanes of at least 4 members (excludes halogenated alkanes) is 1. The van der Waals surface area contributed by atoms with Crippen molar-refractivity contribution in [2.45, 2.75) is 37.5 Å². The first-order chi connectivity index (χ1) is 12.4. The van der Waals surface area contributed by atoms with E-state index in [1.807, 2.05) is 0 Å². The number of benzene rings is 1. The number of amides is 2. The predicted molar refractivity (Wildman–Crippen MR) is 91.3 cm³/mol. The molecular formula is C17H23N3O6. The molecule has 0 aliphatic carbocycles. The number of nitrogens with one attached hydrogen (secondary N) is 2. The van der Waals surface area contributed by atoms with Gasteiger partial charge in [0.05, 0.1) is 0 Å². The van der Waals surface area contributed by atoms with Crippen LogP contribution in [0.15, 0.2) is 24.3 Å². The molecule has 0 spiro atoms. The van der Waals surface area contributed by atoms with E-state index in [9.17, 15) is 19.5 Å². The van der Waals surface area contributed by atoms with E-state index >= 15 is 0 Å². The highest BCUT2D eigenvalue weighted by Crippen LogP contribution is 2.22. The minimum atomic E-state index is -1.22. The molecule has 9 nitrogen and oxygen atoms in total. The van der Waals surface area contributed by atoms with Crippen molar-refractivity contribution in [1.29, 1.82) is 0 Å². The topological polar surface area (TPSA) is 154 Å². The Kier molecular flexibility index (Phi) is 6.93. The van der Waals surface area contributed by atoms with Crippen molar-refractivity contribution in [1.82, 2.24) is 10.6 Å². The fraction of sp³-hybridized carbons (Fsp3) is 0.471. The van der Waals surface area contributed by atoms with Gasteiger partial charge in [-0.25, -0.2) is 4.79 Å². The highest BCUT2D eigenvalue weighted by Gasteiger charge is 2.51. The molecule has 3 atom stereocenters. The summed E-state index contributed by atoms with van der Waals surface area (Å²) in [4.78, 5) is 35.3. The van der Waals surface area contributed by atoms with Crippen molar-refractivity contribution in [3.8, 4) is 5.75 Å². The molecule has 1 heterocycles. The van der Waals surface area contributed by atoms with Gasteiger partial charge < -0.3 is 31.3 Å². The number of carboxylic acids is 1. The number of carbonyl (C=O) groups is 3. The molecule has 0 saturated carbocycles. The van der Waals surface area contributed by atoms with E-state index in [0.29, 0.717) is 13.1 Å². The molecule has 26 heavy (non-hydrogen) atoms. The molecular weight excluding hydrogens is 342 g/mol. The quantitative estimate of drug-likeness (QED) is 0.267. The highest BCUT2D eigenvalue weighted by atomic mass is 16.6. The van der Waals surface area contributed by atoms with Gasteiger partial charge in [0.2, 0.25) is 5.91 Å². The Hall–Kier alpha value is -2.65. The third kappa shape index (κ3) is 5.71. The number of nitrogens with two attached hydrogens (primary N) is 1. The molecule has 0 bridgehead atoms. The number of rotatable bonds is 10. The van der Waals surface area contributed by atoms with E-state index in [-0.39, 0.29) is 18.1 Å². The van der Waals surface area contributed by atoms with Crippen LogP contribution in [0.2, 0.25) is 0 Å². The molecule has 1 saturated heterocycles. The molecule has 1 aliphatic heterocycles. The first-order valence-electron chi connectivity index (χ1n) is 8.36. The van der Waals surface area contributed by atoms with Crippen molar-refractivity contribution in [2.24, 2.45) is 5.73 Å². The number of carboxylic acid groups (broad SMARTS) is 1. The zero-order valence-electron chi connectivity index (χ0n) is 14.2. The van der Waals surface area contributed by atoms with Crippen LogP contribution in [0.1, 0.15) is 18.4 Å². The Labute approximate surface area is 150 Å². The first-order valence-corrected chi connectivity index (χ1v) is 8.36. The molecule has 1 aromatic carbocycles. The average molecular weight is 365 g/mol. The molecule has 1 aromatic rings. The number of aromatic hydroxyl groups is 1. The molecule has 1 aliphatic rings. The van der Waals surface area contributed by atoms with Crippen molar-refractivity contribution < 1.29 is 29.3 Å². The smallest absolute Gasteiger partial charge is 0.336 e. The standard InChI is InChI=1S/C17H23N3O6/c18-7-1-2-8-19-15(22)12(9-10-3-5-11(21)6-4-10)20-16(23)13-14(26-13)17(24)25/h3-6,12-14,21H,1-2,7-9,18H2,(H,19,22)(H,20,23)(H,24,25)/t12-,13+,14+/m1/s1. The van der Waals surface area contributed by atoms with Crippen molar-refractivity contribution in [3.63, 3.8) is 0 Å². The lowest BCUT2D eigenvalue weighted by molar-refractivity contribution is -0.138. The summed E-state index contributed by atoms with van der Waals surface area (Å²) in [5.41, 5.74) is 6.14. The first kappa shape index (κ1) is 19.7. The third-order valence-electron chi connectivity index (χ3n) is 3.93. The minimum Gasteiger partial charge on any atom is -0.508 e. The summed E-state index contributed by atoms with van der Waals surface area (Å²) in [6.45, 7) is 0.953. The average Bonchev–Trinajstić information content (AvgIpc) is 3.41. The van der Waals surface area contributed by atoms with Gasteiger partial charge in [0, 0.05) is 13.0 Å². The van der Waals surface area contributed by atoms with Gasteiger partial charge in [0.25, 0.3) is 5.91 Å². The third-order valence-corrected chi connectivity index (χ3v) is 3.93. The Morgan fingerprint density at radius 3 is 2.42 bits per heavy atom. The van der Waals surface area contributed by atoms with Gasteiger partial charge in [0.15, 0.2) is 12.2 Å². The van der Waals surface area contributed by atoms with E-state index in [0.717, 1.165) is 18.4 Å². The Morgan fingerprint density at radius 1 is 1.15 bits per heavy atom. The Balaban J connectivity index is 1.98. The summed E-state index contributed by atoms with van der Waals surface area (Å²) >= 11 is 0.